The van der Waals surface area contributed by atoms with Gasteiger partial charge in [0.15, 0.2) is 0 Å². The molecule has 0 aliphatic rings. The average Bonchev–Trinajstić information content (AvgIpc) is 2.27. The largest absolute Gasteiger partial charge is 0.466 e. The minimum absolute atomic E-state index is 0.225. The first-order valence-electron chi connectivity index (χ1n) is 5.40. The lowest BCUT2D eigenvalue weighted by Gasteiger charge is -2.13. The molecule has 0 fully saturated rings. The summed E-state index contributed by atoms with van der Waals surface area (Å²) < 4.78 is 18.6. The molecule has 3 nitrogen and oxygen atoms in total. The van der Waals surface area contributed by atoms with Gasteiger partial charge in [-0.2, -0.15) is 0 Å². The first-order chi connectivity index (χ1) is 8.04. The van der Waals surface area contributed by atoms with Gasteiger partial charge in [0, 0.05) is 15.8 Å². The van der Waals surface area contributed by atoms with Crippen molar-refractivity contribution in [2.24, 2.45) is 5.92 Å². The molecule has 0 aliphatic heterocycles. The number of carbonyl (C=O) groups excluding carboxylic acids is 1. The van der Waals surface area contributed by atoms with Gasteiger partial charge in [-0.15, -0.1) is 0 Å². The topological polar surface area (TPSA) is 38.3 Å². The molecule has 0 radical (unpaired) electrons. The van der Waals surface area contributed by atoms with Crippen LogP contribution in [-0.4, -0.2) is 19.1 Å². The highest BCUT2D eigenvalue weighted by molar-refractivity contribution is 14.1. The third-order valence-corrected chi connectivity index (χ3v) is 3.11. The van der Waals surface area contributed by atoms with Crippen LogP contribution < -0.4 is 5.32 Å². The molecule has 1 rings (SSSR count). The van der Waals surface area contributed by atoms with Crippen LogP contribution in [0, 0.1) is 15.3 Å². The van der Waals surface area contributed by atoms with Gasteiger partial charge in [0.25, 0.3) is 0 Å². The van der Waals surface area contributed by atoms with E-state index in [4.69, 9.17) is 4.74 Å². The van der Waals surface area contributed by atoms with Crippen LogP contribution in [0.1, 0.15) is 13.8 Å². The lowest BCUT2D eigenvalue weighted by atomic mass is 10.2. The predicted molar refractivity (Wildman–Crippen MR) is 73.4 cm³/mol. The number of esters is 1. The van der Waals surface area contributed by atoms with Gasteiger partial charge in [-0.1, -0.05) is 6.92 Å². The van der Waals surface area contributed by atoms with Crippen LogP contribution in [0.15, 0.2) is 18.2 Å². The maximum absolute atomic E-state index is 12.9. The van der Waals surface area contributed by atoms with Crippen LogP contribution in [0.5, 0.6) is 0 Å². The van der Waals surface area contributed by atoms with Gasteiger partial charge in [0.05, 0.1) is 12.5 Å². The molecule has 1 N–H and O–H groups in total. The molecule has 94 valence electrons. The van der Waals surface area contributed by atoms with Crippen LogP contribution in [-0.2, 0) is 9.53 Å². The third kappa shape index (κ3) is 4.49. The minimum Gasteiger partial charge on any atom is -0.466 e. The van der Waals surface area contributed by atoms with E-state index < -0.39 is 0 Å². The van der Waals surface area contributed by atoms with Gasteiger partial charge in [0.2, 0.25) is 0 Å². The van der Waals surface area contributed by atoms with Gasteiger partial charge in [-0.25, -0.2) is 4.39 Å². The Balaban J connectivity index is 2.52. The quantitative estimate of drug-likeness (QED) is 0.655. The third-order valence-electron chi connectivity index (χ3n) is 2.22. The van der Waals surface area contributed by atoms with Crippen molar-refractivity contribution in [1.82, 2.24) is 0 Å². The summed E-state index contributed by atoms with van der Waals surface area (Å²) in [5.41, 5.74) is 0.822. The summed E-state index contributed by atoms with van der Waals surface area (Å²) in [5, 5.41) is 3.10. The van der Waals surface area contributed by atoms with E-state index in [0.29, 0.717) is 13.2 Å². The zero-order valence-electron chi connectivity index (χ0n) is 9.80. The van der Waals surface area contributed by atoms with E-state index in [1.54, 1.807) is 19.9 Å². The van der Waals surface area contributed by atoms with Gasteiger partial charge >= 0.3 is 5.97 Å². The average molecular weight is 351 g/mol. The lowest BCUT2D eigenvalue weighted by molar-refractivity contribution is -0.146. The van der Waals surface area contributed by atoms with Crippen molar-refractivity contribution < 1.29 is 13.9 Å². The van der Waals surface area contributed by atoms with Gasteiger partial charge in [0.1, 0.15) is 5.82 Å². The van der Waals surface area contributed by atoms with Crippen LogP contribution in [0.2, 0.25) is 0 Å². The Morgan fingerprint density at radius 2 is 2.29 bits per heavy atom. The fourth-order valence-electron chi connectivity index (χ4n) is 1.26. The van der Waals surface area contributed by atoms with Crippen molar-refractivity contribution in [3.63, 3.8) is 0 Å². The zero-order valence-corrected chi connectivity index (χ0v) is 12.0. The molecule has 1 aromatic rings. The number of benzene rings is 1. The van der Waals surface area contributed by atoms with Crippen molar-refractivity contribution in [1.29, 1.82) is 0 Å². The summed E-state index contributed by atoms with van der Waals surface area (Å²) >= 11 is 2.05. The van der Waals surface area contributed by atoms with Crippen LogP contribution in [0.3, 0.4) is 0 Å². The highest BCUT2D eigenvalue weighted by atomic mass is 127. The summed E-state index contributed by atoms with van der Waals surface area (Å²) in [7, 11) is 0. The van der Waals surface area contributed by atoms with Crippen LogP contribution >= 0.6 is 22.6 Å². The molecule has 0 spiro atoms. The van der Waals surface area contributed by atoms with Gasteiger partial charge in [-0.3, -0.25) is 4.79 Å². The molecule has 0 amide bonds. The minimum atomic E-state index is -0.265. The molecule has 0 aliphatic carbocycles. The Labute approximate surface area is 114 Å². The molecular formula is C12H15FINO2. The van der Waals surface area contributed by atoms with E-state index in [9.17, 15) is 9.18 Å². The summed E-state index contributed by atoms with van der Waals surface area (Å²) in [6.45, 7) is 4.43. The number of ether oxygens (including phenoxy) is 1. The maximum atomic E-state index is 12.9. The van der Waals surface area contributed by atoms with Crippen LogP contribution in [0.4, 0.5) is 10.1 Å². The fraction of sp³-hybridized carbons (Fsp3) is 0.417. The highest BCUT2D eigenvalue weighted by Crippen LogP contribution is 2.19. The number of halogens is 2. The van der Waals surface area contributed by atoms with E-state index in [2.05, 4.69) is 5.32 Å². The molecule has 0 heterocycles. The molecular weight excluding hydrogens is 336 g/mol. The van der Waals surface area contributed by atoms with Gasteiger partial charge in [-0.05, 0) is 47.7 Å². The molecule has 17 heavy (non-hydrogen) atoms. The second kappa shape index (κ2) is 6.78. The van der Waals surface area contributed by atoms with Crippen molar-refractivity contribution in [2.75, 3.05) is 18.5 Å². The Morgan fingerprint density at radius 1 is 1.59 bits per heavy atom. The number of nitrogens with one attached hydrogen (secondary N) is 1. The molecule has 1 unspecified atom stereocenters. The number of hydrogen-bond donors (Lipinski definition) is 1. The Bertz CT molecular complexity index is 398. The maximum Gasteiger partial charge on any atom is 0.310 e. The summed E-state index contributed by atoms with van der Waals surface area (Å²) in [4.78, 5) is 11.4. The number of carbonyl (C=O) groups is 1. The molecule has 1 atom stereocenters. The predicted octanol–water partition coefficient (Wildman–Crippen LogP) is 3.04. The molecule has 0 aromatic heterocycles. The highest BCUT2D eigenvalue weighted by Gasteiger charge is 2.13. The van der Waals surface area contributed by atoms with Crippen molar-refractivity contribution in [2.45, 2.75) is 13.8 Å². The number of anilines is 1. The molecule has 5 heteroatoms. The molecule has 0 saturated carbocycles. The Morgan fingerprint density at radius 3 is 2.88 bits per heavy atom. The van der Waals surface area contributed by atoms with Crippen molar-refractivity contribution in [3.8, 4) is 0 Å². The fourth-order valence-corrected chi connectivity index (χ4v) is 1.93. The Kier molecular flexibility index (Phi) is 5.67. The molecule has 0 saturated heterocycles. The lowest BCUT2D eigenvalue weighted by Crippen LogP contribution is -2.22. The smallest absolute Gasteiger partial charge is 0.310 e. The van der Waals surface area contributed by atoms with E-state index in [1.807, 2.05) is 22.6 Å². The standard InChI is InChI=1S/C12H15FINO2/c1-3-17-12(16)8(2)7-15-11-5-4-9(13)6-10(11)14/h4-6,8,15H,3,7H2,1-2H3. The monoisotopic (exact) mass is 351 g/mol. The zero-order chi connectivity index (χ0) is 12.8. The Hall–Kier alpha value is -0.850. The molecule has 0 bridgehead atoms. The first-order valence-corrected chi connectivity index (χ1v) is 6.48. The van der Waals surface area contributed by atoms with E-state index in [0.717, 1.165) is 9.26 Å². The summed E-state index contributed by atoms with van der Waals surface area (Å²) in [6, 6.07) is 4.49. The summed E-state index contributed by atoms with van der Waals surface area (Å²) in [6.07, 6.45) is 0. The van der Waals surface area contributed by atoms with E-state index in [1.165, 1.54) is 12.1 Å². The van der Waals surface area contributed by atoms with Crippen molar-refractivity contribution in [3.05, 3.63) is 27.6 Å². The van der Waals surface area contributed by atoms with Crippen LogP contribution in [0.25, 0.3) is 0 Å². The first kappa shape index (κ1) is 14.2. The van der Waals surface area contributed by atoms with E-state index in [-0.39, 0.29) is 17.7 Å². The summed E-state index contributed by atoms with van der Waals surface area (Å²) in [5.74, 6) is -0.716. The SMILES string of the molecule is CCOC(=O)C(C)CNc1ccc(F)cc1I. The van der Waals surface area contributed by atoms with E-state index >= 15 is 0 Å². The normalized spacial score (nSPS) is 12.0. The second-order valence-corrected chi connectivity index (χ2v) is 4.82. The number of rotatable bonds is 5. The van der Waals surface area contributed by atoms with Crippen molar-refractivity contribution >= 4 is 34.2 Å². The number of hydrogen-bond acceptors (Lipinski definition) is 3. The molecule has 1 aromatic carbocycles. The second-order valence-electron chi connectivity index (χ2n) is 3.66. The van der Waals surface area contributed by atoms with Gasteiger partial charge < -0.3 is 10.1 Å².